The van der Waals surface area contributed by atoms with E-state index in [0.29, 0.717) is 11.5 Å². The standard InChI is InChI=1S/C19H18FNO5S/c1-27(24,25)15-8-4-12(5-9-15)18-19(13-2-6-14(20)7-3-13)26-16(21-18)10-11-17(22)23/h2-9,18-19H,10-11H2,1H3,(H,22,23). The molecule has 2 aromatic rings. The van der Waals surface area contributed by atoms with Crippen molar-refractivity contribution >= 4 is 21.7 Å². The molecule has 142 valence electrons. The second-order valence-electron chi connectivity index (χ2n) is 6.29. The molecule has 1 N–H and O–H groups in total. The van der Waals surface area contributed by atoms with Crippen molar-refractivity contribution in [1.29, 1.82) is 0 Å². The van der Waals surface area contributed by atoms with Crippen molar-refractivity contribution in [2.75, 3.05) is 6.26 Å². The molecule has 0 amide bonds. The highest BCUT2D eigenvalue weighted by atomic mass is 32.2. The van der Waals surface area contributed by atoms with E-state index >= 15 is 0 Å². The van der Waals surface area contributed by atoms with Crippen LogP contribution in [0.25, 0.3) is 0 Å². The zero-order valence-electron chi connectivity index (χ0n) is 14.5. The Kier molecular flexibility index (Phi) is 5.27. The van der Waals surface area contributed by atoms with E-state index in [9.17, 15) is 17.6 Å². The highest BCUT2D eigenvalue weighted by Gasteiger charge is 2.33. The van der Waals surface area contributed by atoms with Gasteiger partial charge < -0.3 is 9.84 Å². The summed E-state index contributed by atoms with van der Waals surface area (Å²) in [4.78, 5) is 15.5. The molecule has 1 heterocycles. The fourth-order valence-electron chi connectivity index (χ4n) is 2.87. The lowest BCUT2D eigenvalue weighted by Crippen LogP contribution is -2.10. The van der Waals surface area contributed by atoms with E-state index < -0.39 is 28.0 Å². The molecule has 0 radical (unpaired) electrons. The minimum absolute atomic E-state index is 0.116. The van der Waals surface area contributed by atoms with Crippen molar-refractivity contribution in [2.45, 2.75) is 29.9 Å². The van der Waals surface area contributed by atoms with E-state index in [4.69, 9.17) is 9.84 Å². The zero-order chi connectivity index (χ0) is 19.6. The second kappa shape index (κ2) is 7.48. The maximum Gasteiger partial charge on any atom is 0.303 e. The quantitative estimate of drug-likeness (QED) is 0.815. The molecule has 8 heteroatoms. The highest BCUT2D eigenvalue weighted by Crippen LogP contribution is 2.41. The smallest absolute Gasteiger partial charge is 0.303 e. The minimum atomic E-state index is -3.32. The monoisotopic (exact) mass is 391 g/mol. The molecule has 0 aromatic heterocycles. The Balaban J connectivity index is 1.93. The van der Waals surface area contributed by atoms with Crippen molar-refractivity contribution in [3.63, 3.8) is 0 Å². The lowest BCUT2D eigenvalue weighted by atomic mass is 9.97. The van der Waals surface area contributed by atoms with Gasteiger partial charge in [-0.05, 0) is 35.4 Å². The van der Waals surface area contributed by atoms with E-state index in [1.54, 1.807) is 24.3 Å². The molecule has 27 heavy (non-hydrogen) atoms. The molecule has 2 unspecified atom stereocenters. The number of sulfone groups is 1. The summed E-state index contributed by atoms with van der Waals surface area (Å²) in [5.74, 6) is -1.03. The maximum absolute atomic E-state index is 13.2. The third-order valence-corrected chi connectivity index (χ3v) is 5.36. The fraction of sp³-hybridized carbons (Fsp3) is 0.263. The van der Waals surface area contributed by atoms with Crippen molar-refractivity contribution in [1.82, 2.24) is 0 Å². The molecule has 1 aliphatic heterocycles. The number of hydrogen-bond acceptors (Lipinski definition) is 5. The van der Waals surface area contributed by atoms with Gasteiger partial charge in [-0.1, -0.05) is 24.3 Å². The Morgan fingerprint density at radius 1 is 1.11 bits per heavy atom. The first-order valence-electron chi connectivity index (χ1n) is 8.24. The molecule has 2 atom stereocenters. The Morgan fingerprint density at radius 2 is 1.70 bits per heavy atom. The summed E-state index contributed by atoms with van der Waals surface area (Å²) >= 11 is 0. The van der Waals surface area contributed by atoms with Crippen LogP contribution in [0.15, 0.2) is 58.4 Å². The van der Waals surface area contributed by atoms with E-state index in [2.05, 4.69) is 4.99 Å². The van der Waals surface area contributed by atoms with Gasteiger partial charge in [0.1, 0.15) is 11.9 Å². The normalized spacial score (nSPS) is 19.4. The van der Waals surface area contributed by atoms with Crippen LogP contribution in [-0.4, -0.2) is 31.6 Å². The van der Waals surface area contributed by atoms with E-state index in [-0.39, 0.29) is 23.6 Å². The van der Waals surface area contributed by atoms with Gasteiger partial charge in [0.05, 0.1) is 11.3 Å². The highest BCUT2D eigenvalue weighted by molar-refractivity contribution is 7.90. The molecular formula is C19H18FNO5S. The molecule has 0 bridgehead atoms. The van der Waals surface area contributed by atoms with Crippen LogP contribution in [0.2, 0.25) is 0 Å². The number of benzene rings is 2. The van der Waals surface area contributed by atoms with Gasteiger partial charge in [-0.3, -0.25) is 4.79 Å². The third kappa shape index (κ3) is 4.51. The summed E-state index contributed by atoms with van der Waals surface area (Å²) in [6.07, 6.45) is 0.613. The van der Waals surface area contributed by atoms with Crippen LogP contribution >= 0.6 is 0 Å². The Labute approximate surface area is 156 Å². The molecule has 0 spiro atoms. The summed E-state index contributed by atoms with van der Waals surface area (Å²) < 4.78 is 42.4. The average Bonchev–Trinajstić information content (AvgIpc) is 3.04. The van der Waals surface area contributed by atoms with Gasteiger partial charge in [0, 0.05) is 12.7 Å². The molecule has 0 fully saturated rings. The summed E-state index contributed by atoms with van der Waals surface area (Å²) in [6, 6.07) is 11.6. The van der Waals surface area contributed by atoms with Gasteiger partial charge in [-0.15, -0.1) is 0 Å². The van der Waals surface area contributed by atoms with Crippen LogP contribution in [-0.2, 0) is 19.4 Å². The largest absolute Gasteiger partial charge is 0.481 e. The summed E-state index contributed by atoms with van der Waals surface area (Å²) in [5, 5.41) is 8.87. The van der Waals surface area contributed by atoms with Crippen LogP contribution < -0.4 is 0 Å². The van der Waals surface area contributed by atoms with Gasteiger partial charge in [0.25, 0.3) is 0 Å². The van der Waals surface area contributed by atoms with Crippen molar-refractivity contribution < 1.29 is 27.4 Å². The molecule has 0 aliphatic carbocycles. The maximum atomic E-state index is 13.2. The number of halogens is 1. The Morgan fingerprint density at radius 3 is 2.26 bits per heavy atom. The lowest BCUT2D eigenvalue weighted by molar-refractivity contribution is -0.136. The number of rotatable bonds is 6. The molecule has 0 saturated carbocycles. The molecule has 2 aromatic carbocycles. The second-order valence-corrected chi connectivity index (χ2v) is 8.31. The predicted molar refractivity (Wildman–Crippen MR) is 96.8 cm³/mol. The first kappa shape index (κ1) is 19.0. The van der Waals surface area contributed by atoms with Gasteiger partial charge >= 0.3 is 5.97 Å². The predicted octanol–water partition coefficient (Wildman–Crippen LogP) is 3.31. The molecular weight excluding hydrogens is 373 g/mol. The zero-order valence-corrected chi connectivity index (χ0v) is 15.3. The van der Waals surface area contributed by atoms with E-state index in [1.165, 1.54) is 24.3 Å². The number of carboxylic acid groups (broad SMARTS) is 1. The molecule has 6 nitrogen and oxygen atoms in total. The summed E-state index contributed by atoms with van der Waals surface area (Å²) in [7, 11) is -3.32. The number of aliphatic carboxylic acids is 1. The first-order chi connectivity index (χ1) is 12.7. The first-order valence-corrected chi connectivity index (χ1v) is 10.1. The topological polar surface area (TPSA) is 93.0 Å². The van der Waals surface area contributed by atoms with Crippen LogP contribution in [0.3, 0.4) is 0 Å². The summed E-state index contributed by atoms with van der Waals surface area (Å²) in [5.41, 5.74) is 1.42. The van der Waals surface area contributed by atoms with Gasteiger partial charge in [-0.25, -0.2) is 17.8 Å². The number of aliphatic imine (C=N–C) groups is 1. The van der Waals surface area contributed by atoms with Crippen molar-refractivity contribution in [2.24, 2.45) is 4.99 Å². The van der Waals surface area contributed by atoms with Gasteiger partial charge in [0.15, 0.2) is 21.8 Å². The van der Waals surface area contributed by atoms with Gasteiger partial charge in [0.2, 0.25) is 0 Å². The number of ether oxygens (including phenoxy) is 1. The third-order valence-electron chi connectivity index (χ3n) is 4.23. The molecule has 3 rings (SSSR count). The van der Waals surface area contributed by atoms with E-state index in [1.807, 2.05) is 0 Å². The number of carbonyl (C=O) groups is 1. The summed E-state index contributed by atoms with van der Waals surface area (Å²) in [6.45, 7) is 0. The number of nitrogens with zero attached hydrogens (tertiary/aromatic N) is 1. The van der Waals surface area contributed by atoms with Crippen LogP contribution in [0, 0.1) is 5.82 Å². The lowest BCUT2D eigenvalue weighted by Gasteiger charge is -2.18. The van der Waals surface area contributed by atoms with Crippen LogP contribution in [0.1, 0.15) is 36.1 Å². The van der Waals surface area contributed by atoms with E-state index in [0.717, 1.165) is 11.8 Å². The number of hydrogen-bond donors (Lipinski definition) is 1. The molecule has 0 saturated heterocycles. The molecule has 1 aliphatic rings. The van der Waals surface area contributed by atoms with Crippen molar-refractivity contribution in [3.8, 4) is 0 Å². The Bertz CT molecular complexity index is 968. The van der Waals surface area contributed by atoms with Gasteiger partial charge in [-0.2, -0.15) is 0 Å². The van der Waals surface area contributed by atoms with Crippen LogP contribution in [0.4, 0.5) is 4.39 Å². The van der Waals surface area contributed by atoms with Crippen LogP contribution in [0.5, 0.6) is 0 Å². The Hall–Kier alpha value is -2.74. The SMILES string of the molecule is CS(=O)(=O)c1ccc(C2N=C(CCC(=O)O)OC2c2ccc(F)cc2)cc1. The number of carboxylic acids is 1. The average molecular weight is 391 g/mol. The fourth-order valence-corrected chi connectivity index (χ4v) is 3.50. The minimum Gasteiger partial charge on any atom is -0.481 e. The van der Waals surface area contributed by atoms with Crippen molar-refractivity contribution in [3.05, 3.63) is 65.5 Å².